The molecule has 0 bridgehead atoms. The molecule has 0 aliphatic carbocycles. The quantitative estimate of drug-likeness (QED) is 0.547. The molecule has 0 spiro atoms. The van der Waals surface area contributed by atoms with Gasteiger partial charge in [0.2, 0.25) is 5.91 Å². The van der Waals surface area contributed by atoms with E-state index in [1.54, 1.807) is 13.8 Å². The van der Waals surface area contributed by atoms with Gasteiger partial charge in [0.25, 0.3) is 5.91 Å². The minimum Gasteiger partial charge on any atom is -0.462 e. The number of aryl methyl sites for hydroxylation is 1. The average Bonchev–Trinajstić information content (AvgIpc) is 2.96. The second kappa shape index (κ2) is 11.5. The first-order valence-corrected chi connectivity index (χ1v) is 10.4. The van der Waals surface area contributed by atoms with E-state index >= 15 is 0 Å². The third-order valence-corrected chi connectivity index (χ3v) is 4.82. The number of hydrogen-bond donors (Lipinski definition) is 2. The van der Waals surface area contributed by atoms with Gasteiger partial charge in [0, 0.05) is 6.92 Å². The minimum atomic E-state index is -0.805. The smallest absolute Gasteiger partial charge is 0.350 e. The Morgan fingerprint density at radius 2 is 1.96 bits per heavy atom. The van der Waals surface area contributed by atoms with Gasteiger partial charge in [-0.25, -0.2) is 14.6 Å². The van der Waals surface area contributed by atoms with Crippen LogP contribution < -0.4 is 10.6 Å². The second-order valence-electron chi connectivity index (χ2n) is 5.34. The maximum atomic E-state index is 12.1. The second-order valence-corrected chi connectivity index (χ2v) is 7.33. The summed E-state index contributed by atoms with van der Waals surface area (Å²) in [5.41, 5.74) is 0.438. The van der Waals surface area contributed by atoms with Crippen LogP contribution in [0.2, 0.25) is 0 Å². The lowest BCUT2D eigenvalue weighted by atomic mass is 10.2. The van der Waals surface area contributed by atoms with E-state index in [0.717, 1.165) is 11.3 Å². The van der Waals surface area contributed by atoms with Crippen molar-refractivity contribution in [2.24, 2.45) is 0 Å². The number of aromatic nitrogens is 1. The van der Waals surface area contributed by atoms with Crippen molar-refractivity contribution in [3.63, 3.8) is 0 Å². The SMILES string of the molecule is CCOC(=O)c1sc(NC(=O)COC(=O)[C@H](CCSC)NC(C)=O)nc1C. The van der Waals surface area contributed by atoms with Gasteiger partial charge >= 0.3 is 11.9 Å². The highest BCUT2D eigenvalue weighted by atomic mass is 32.2. The third kappa shape index (κ3) is 7.95. The summed E-state index contributed by atoms with van der Waals surface area (Å²) >= 11 is 2.51. The summed E-state index contributed by atoms with van der Waals surface area (Å²) in [5.74, 6) is -1.49. The standard InChI is InChI=1S/C16H23N3O6S2/c1-5-24-15(23)13-9(2)17-16(27-13)19-12(21)8-25-14(22)11(6-7-26-4)18-10(3)20/h11H,5-8H2,1-4H3,(H,18,20)(H,17,19,21)/t11-/m0/s1. The summed E-state index contributed by atoms with van der Waals surface area (Å²) in [6, 6.07) is -0.805. The van der Waals surface area contributed by atoms with E-state index in [0.29, 0.717) is 22.7 Å². The van der Waals surface area contributed by atoms with Gasteiger partial charge < -0.3 is 14.8 Å². The molecule has 0 saturated heterocycles. The lowest BCUT2D eigenvalue weighted by molar-refractivity contribution is -0.150. The fraction of sp³-hybridized carbons (Fsp3) is 0.562. The van der Waals surface area contributed by atoms with Crippen molar-refractivity contribution in [2.45, 2.75) is 33.2 Å². The summed E-state index contributed by atoms with van der Waals surface area (Å²) in [5, 5.41) is 5.18. The fourth-order valence-electron chi connectivity index (χ4n) is 1.96. The van der Waals surface area contributed by atoms with E-state index in [1.807, 2.05) is 6.26 Å². The summed E-state index contributed by atoms with van der Waals surface area (Å²) in [6.45, 7) is 4.33. The van der Waals surface area contributed by atoms with E-state index in [-0.39, 0.29) is 17.6 Å². The van der Waals surface area contributed by atoms with Crippen LogP contribution in [0.3, 0.4) is 0 Å². The summed E-state index contributed by atoms with van der Waals surface area (Å²) in [6.07, 6.45) is 2.28. The number of anilines is 1. The van der Waals surface area contributed by atoms with Crippen LogP contribution in [0.1, 0.15) is 35.6 Å². The van der Waals surface area contributed by atoms with E-state index < -0.39 is 30.5 Å². The normalized spacial score (nSPS) is 11.4. The molecule has 0 radical (unpaired) electrons. The van der Waals surface area contributed by atoms with Crippen molar-refractivity contribution in [3.8, 4) is 0 Å². The molecule has 0 aliphatic heterocycles. The highest BCUT2D eigenvalue weighted by Crippen LogP contribution is 2.23. The number of carbonyl (C=O) groups excluding carboxylic acids is 4. The Morgan fingerprint density at radius 3 is 2.56 bits per heavy atom. The van der Waals surface area contributed by atoms with Crippen LogP contribution in [0.5, 0.6) is 0 Å². The van der Waals surface area contributed by atoms with Gasteiger partial charge in [0.1, 0.15) is 10.9 Å². The molecule has 2 amide bonds. The lowest BCUT2D eigenvalue weighted by Crippen LogP contribution is -2.42. The van der Waals surface area contributed by atoms with E-state index in [4.69, 9.17) is 9.47 Å². The first kappa shape index (κ1) is 22.9. The number of thioether (sulfide) groups is 1. The molecule has 11 heteroatoms. The van der Waals surface area contributed by atoms with Gasteiger partial charge in [0.05, 0.1) is 12.3 Å². The highest BCUT2D eigenvalue weighted by Gasteiger charge is 2.22. The van der Waals surface area contributed by atoms with Crippen molar-refractivity contribution in [2.75, 3.05) is 30.5 Å². The average molecular weight is 418 g/mol. The predicted octanol–water partition coefficient (Wildman–Crippen LogP) is 1.37. The number of amides is 2. The number of carbonyl (C=O) groups is 4. The number of ether oxygens (including phenoxy) is 2. The molecule has 1 aromatic heterocycles. The van der Waals surface area contributed by atoms with E-state index in [2.05, 4.69) is 15.6 Å². The van der Waals surface area contributed by atoms with Gasteiger partial charge in [-0.05, 0) is 32.3 Å². The van der Waals surface area contributed by atoms with Gasteiger partial charge in [-0.15, -0.1) is 0 Å². The topological polar surface area (TPSA) is 124 Å². The summed E-state index contributed by atoms with van der Waals surface area (Å²) in [7, 11) is 0. The molecule has 0 saturated carbocycles. The third-order valence-electron chi connectivity index (χ3n) is 3.12. The van der Waals surface area contributed by atoms with E-state index in [9.17, 15) is 19.2 Å². The molecule has 0 unspecified atom stereocenters. The minimum absolute atomic E-state index is 0.206. The largest absolute Gasteiger partial charge is 0.462 e. The van der Waals surface area contributed by atoms with Gasteiger partial charge in [-0.2, -0.15) is 11.8 Å². The maximum absolute atomic E-state index is 12.1. The molecule has 150 valence electrons. The van der Waals surface area contributed by atoms with Crippen LogP contribution in [-0.2, 0) is 23.9 Å². The van der Waals surface area contributed by atoms with Crippen molar-refractivity contribution in [1.29, 1.82) is 0 Å². The van der Waals surface area contributed by atoms with Gasteiger partial charge in [-0.3, -0.25) is 14.9 Å². The Morgan fingerprint density at radius 1 is 1.26 bits per heavy atom. The molecule has 1 aromatic rings. The summed E-state index contributed by atoms with van der Waals surface area (Å²) < 4.78 is 9.88. The fourth-order valence-corrected chi connectivity index (χ4v) is 3.31. The molecule has 0 fully saturated rings. The van der Waals surface area contributed by atoms with Gasteiger partial charge in [0.15, 0.2) is 11.7 Å². The number of nitrogens with one attached hydrogen (secondary N) is 2. The first-order valence-electron chi connectivity index (χ1n) is 8.15. The zero-order valence-corrected chi connectivity index (χ0v) is 17.3. The number of esters is 2. The van der Waals surface area contributed by atoms with Crippen molar-refractivity contribution >= 4 is 52.0 Å². The molecule has 1 heterocycles. The number of hydrogen-bond acceptors (Lipinski definition) is 9. The number of thiazole rings is 1. The highest BCUT2D eigenvalue weighted by molar-refractivity contribution is 7.98. The molecule has 1 atom stereocenters. The Hall–Kier alpha value is -2.14. The molecular formula is C16H23N3O6S2. The molecule has 9 nitrogen and oxygen atoms in total. The van der Waals surface area contributed by atoms with E-state index in [1.165, 1.54) is 18.7 Å². The Balaban J connectivity index is 2.58. The van der Waals surface area contributed by atoms with Crippen LogP contribution in [0, 0.1) is 6.92 Å². The number of rotatable bonds is 10. The van der Waals surface area contributed by atoms with Crippen LogP contribution in [0.15, 0.2) is 0 Å². The Kier molecular flexibility index (Phi) is 9.79. The van der Waals surface area contributed by atoms with Crippen molar-refractivity contribution in [3.05, 3.63) is 10.6 Å². The molecular weight excluding hydrogens is 394 g/mol. The Bertz CT molecular complexity index is 692. The first-order chi connectivity index (χ1) is 12.8. The Labute approximate surface area is 165 Å². The molecule has 2 N–H and O–H groups in total. The predicted molar refractivity (Wildman–Crippen MR) is 103 cm³/mol. The van der Waals surface area contributed by atoms with Crippen molar-refractivity contribution in [1.82, 2.24) is 10.3 Å². The summed E-state index contributed by atoms with van der Waals surface area (Å²) in [4.78, 5) is 51.3. The monoisotopic (exact) mass is 417 g/mol. The van der Waals surface area contributed by atoms with Crippen LogP contribution in [0.25, 0.3) is 0 Å². The lowest BCUT2D eigenvalue weighted by Gasteiger charge is -2.16. The maximum Gasteiger partial charge on any atom is 0.350 e. The molecule has 0 aliphatic rings. The molecule has 0 aromatic carbocycles. The van der Waals surface area contributed by atoms with Crippen LogP contribution in [0.4, 0.5) is 5.13 Å². The zero-order chi connectivity index (χ0) is 20.4. The van der Waals surface area contributed by atoms with Crippen LogP contribution >= 0.6 is 23.1 Å². The number of nitrogens with zero attached hydrogens (tertiary/aromatic N) is 1. The van der Waals surface area contributed by atoms with Crippen LogP contribution in [-0.4, -0.2) is 60.0 Å². The van der Waals surface area contributed by atoms with Crippen molar-refractivity contribution < 1.29 is 28.7 Å². The molecule has 1 rings (SSSR count). The zero-order valence-electron chi connectivity index (χ0n) is 15.6. The molecule has 27 heavy (non-hydrogen) atoms. The van der Waals surface area contributed by atoms with Gasteiger partial charge in [-0.1, -0.05) is 11.3 Å².